The Morgan fingerprint density at radius 2 is 1.97 bits per heavy atom. The number of rotatable bonds is 6. The molecule has 1 aliphatic heterocycles. The molecule has 0 spiro atoms. The summed E-state index contributed by atoms with van der Waals surface area (Å²) in [5, 5.41) is 9.96. The lowest BCUT2D eigenvalue weighted by molar-refractivity contribution is 0.121. The summed E-state index contributed by atoms with van der Waals surface area (Å²) in [4.78, 5) is 6.99. The molecule has 5 rings (SSSR count). The van der Waals surface area contributed by atoms with E-state index in [0.717, 1.165) is 48.7 Å². The maximum absolute atomic E-state index is 5.76. The van der Waals surface area contributed by atoms with Gasteiger partial charge in [-0.2, -0.15) is 0 Å². The second-order valence-corrected chi connectivity index (χ2v) is 8.68. The minimum absolute atomic E-state index is 0.522. The van der Waals surface area contributed by atoms with Gasteiger partial charge in [-0.15, -0.1) is 10.2 Å². The Labute approximate surface area is 174 Å². The van der Waals surface area contributed by atoms with E-state index in [2.05, 4.69) is 51.7 Å². The molecule has 0 unspecified atom stereocenters. The minimum Gasteiger partial charge on any atom is -0.444 e. The maximum atomic E-state index is 5.76. The summed E-state index contributed by atoms with van der Waals surface area (Å²) in [6.45, 7) is 7.43. The molecule has 1 saturated carbocycles. The molecule has 8 heteroatoms. The van der Waals surface area contributed by atoms with E-state index in [1.807, 2.05) is 0 Å². The topological polar surface area (TPSA) is 69.2 Å². The number of oxazole rings is 1. The second kappa shape index (κ2) is 7.84. The molecule has 152 valence electrons. The van der Waals surface area contributed by atoms with Crippen molar-refractivity contribution in [3.8, 4) is 11.5 Å². The first-order chi connectivity index (χ1) is 14.2. The summed E-state index contributed by atoms with van der Waals surface area (Å²) in [6.07, 6.45) is 4.15. The lowest BCUT2D eigenvalue weighted by Gasteiger charge is -2.27. The van der Waals surface area contributed by atoms with Crippen molar-refractivity contribution in [1.29, 1.82) is 0 Å². The zero-order valence-corrected chi connectivity index (χ0v) is 17.6. The van der Waals surface area contributed by atoms with E-state index in [1.165, 1.54) is 24.0 Å². The van der Waals surface area contributed by atoms with E-state index < -0.39 is 0 Å². The fourth-order valence-electron chi connectivity index (χ4n) is 3.69. The number of hydrogen-bond donors (Lipinski definition) is 0. The number of thioether (sulfide) groups is 1. The first-order valence-electron chi connectivity index (χ1n) is 10.1. The SMILES string of the molecule is Cc1ccc(-c2nc(CSc3nnc(N4CCOCC4)n3C3CC3)co2)c(C)c1. The Hall–Kier alpha value is -2.32. The van der Waals surface area contributed by atoms with Crippen LogP contribution in [0.5, 0.6) is 0 Å². The van der Waals surface area contributed by atoms with Gasteiger partial charge in [0.1, 0.15) is 6.26 Å². The number of aryl methyl sites for hydroxylation is 2. The lowest BCUT2D eigenvalue weighted by Crippen LogP contribution is -2.38. The summed E-state index contributed by atoms with van der Waals surface area (Å²) in [7, 11) is 0. The third-order valence-electron chi connectivity index (χ3n) is 5.37. The van der Waals surface area contributed by atoms with Crippen molar-refractivity contribution in [3.05, 3.63) is 41.3 Å². The van der Waals surface area contributed by atoms with Crippen LogP contribution in [0, 0.1) is 13.8 Å². The first-order valence-corrected chi connectivity index (χ1v) is 11.1. The fraction of sp³-hybridized carbons (Fsp3) is 0.476. The van der Waals surface area contributed by atoms with E-state index in [0.29, 0.717) is 17.7 Å². The number of hydrogen-bond acceptors (Lipinski definition) is 7. The Morgan fingerprint density at radius 3 is 2.72 bits per heavy atom. The summed E-state index contributed by atoms with van der Waals surface area (Å²) in [6, 6.07) is 6.84. The van der Waals surface area contributed by atoms with Gasteiger partial charge in [0, 0.05) is 30.4 Å². The van der Waals surface area contributed by atoms with Crippen LogP contribution in [0.4, 0.5) is 5.95 Å². The van der Waals surface area contributed by atoms with Crippen molar-refractivity contribution in [2.75, 3.05) is 31.2 Å². The van der Waals surface area contributed by atoms with Crippen LogP contribution in [-0.2, 0) is 10.5 Å². The van der Waals surface area contributed by atoms with Gasteiger partial charge in [-0.3, -0.25) is 4.57 Å². The third kappa shape index (κ3) is 3.91. The fourth-order valence-corrected chi connectivity index (χ4v) is 4.57. The van der Waals surface area contributed by atoms with E-state index in [4.69, 9.17) is 14.1 Å². The Morgan fingerprint density at radius 1 is 1.14 bits per heavy atom. The van der Waals surface area contributed by atoms with Crippen LogP contribution in [-0.4, -0.2) is 46.1 Å². The van der Waals surface area contributed by atoms with Crippen molar-refractivity contribution >= 4 is 17.7 Å². The summed E-state index contributed by atoms with van der Waals surface area (Å²) < 4.78 is 13.5. The van der Waals surface area contributed by atoms with Crippen LogP contribution in [0.25, 0.3) is 11.5 Å². The molecule has 29 heavy (non-hydrogen) atoms. The quantitative estimate of drug-likeness (QED) is 0.568. The van der Waals surface area contributed by atoms with Crippen molar-refractivity contribution in [2.24, 2.45) is 0 Å². The van der Waals surface area contributed by atoms with Crippen LogP contribution in [0.1, 0.15) is 35.7 Å². The van der Waals surface area contributed by atoms with Gasteiger partial charge >= 0.3 is 0 Å². The van der Waals surface area contributed by atoms with Crippen LogP contribution < -0.4 is 4.90 Å². The zero-order chi connectivity index (χ0) is 19.8. The highest BCUT2D eigenvalue weighted by atomic mass is 32.2. The first kappa shape index (κ1) is 18.7. The third-order valence-corrected chi connectivity index (χ3v) is 6.34. The van der Waals surface area contributed by atoms with E-state index >= 15 is 0 Å². The van der Waals surface area contributed by atoms with Crippen LogP contribution in [0.15, 0.2) is 34.0 Å². The smallest absolute Gasteiger partial charge is 0.228 e. The molecule has 2 aromatic heterocycles. The number of anilines is 1. The average Bonchev–Trinajstić information content (AvgIpc) is 3.30. The molecule has 1 saturated heterocycles. The molecule has 1 aromatic carbocycles. The number of morpholine rings is 1. The highest BCUT2D eigenvalue weighted by Gasteiger charge is 2.32. The van der Waals surface area contributed by atoms with Crippen LogP contribution in [0.3, 0.4) is 0 Å². The van der Waals surface area contributed by atoms with Crippen molar-refractivity contribution in [2.45, 2.75) is 43.6 Å². The van der Waals surface area contributed by atoms with Gasteiger partial charge in [0.15, 0.2) is 5.16 Å². The Kier molecular flexibility index (Phi) is 5.05. The zero-order valence-electron chi connectivity index (χ0n) is 16.8. The van der Waals surface area contributed by atoms with Gasteiger partial charge in [-0.05, 0) is 38.3 Å². The Balaban J connectivity index is 1.32. The van der Waals surface area contributed by atoms with Gasteiger partial charge in [0.05, 0.1) is 18.9 Å². The highest BCUT2D eigenvalue weighted by molar-refractivity contribution is 7.98. The monoisotopic (exact) mass is 411 g/mol. The van der Waals surface area contributed by atoms with Gasteiger partial charge in [0.2, 0.25) is 11.8 Å². The van der Waals surface area contributed by atoms with Crippen LogP contribution in [0.2, 0.25) is 0 Å². The molecular weight excluding hydrogens is 386 g/mol. The molecule has 2 aliphatic rings. The molecule has 3 heterocycles. The molecule has 0 N–H and O–H groups in total. The predicted octanol–water partition coefficient (Wildman–Crippen LogP) is 4.01. The number of aromatic nitrogens is 4. The van der Waals surface area contributed by atoms with E-state index in [9.17, 15) is 0 Å². The average molecular weight is 412 g/mol. The molecule has 3 aromatic rings. The van der Waals surface area contributed by atoms with E-state index in [1.54, 1.807) is 18.0 Å². The number of ether oxygens (including phenoxy) is 1. The van der Waals surface area contributed by atoms with Crippen molar-refractivity contribution < 1.29 is 9.15 Å². The van der Waals surface area contributed by atoms with Crippen LogP contribution >= 0.6 is 11.8 Å². The standard InChI is InChI=1S/C21H25N5O2S/c1-14-3-6-18(15(2)11-14)19-22-16(12-28-19)13-29-21-24-23-20(26(21)17-4-5-17)25-7-9-27-10-8-25/h3,6,11-12,17H,4-5,7-10,13H2,1-2H3. The lowest BCUT2D eigenvalue weighted by atomic mass is 10.1. The van der Waals surface area contributed by atoms with Gasteiger partial charge in [-0.25, -0.2) is 4.98 Å². The number of nitrogens with zero attached hydrogens (tertiary/aromatic N) is 5. The molecule has 0 atom stereocenters. The van der Waals surface area contributed by atoms with Crippen molar-refractivity contribution in [3.63, 3.8) is 0 Å². The second-order valence-electron chi connectivity index (χ2n) is 7.73. The Bertz CT molecular complexity index is 1000. The minimum atomic E-state index is 0.522. The normalized spacial score (nSPS) is 17.1. The summed E-state index contributed by atoms with van der Waals surface area (Å²) in [5.41, 5.74) is 4.38. The summed E-state index contributed by atoms with van der Waals surface area (Å²) in [5.74, 6) is 2.37. The molecule has 0 amide bonds. The van der Waals surface area contributed by atoms with Gasteiger partial charge < -0.3 is 14.1 Å². The molecule has 1 aliphatic carbocycles. The van der Waals surface area contributed by atoms with E-state index in [-0.39, 0.29) is 0 Å². The highest BCUT2D eigenvalue weighted by Crippen LogP contribution is 2.41. The molecule has 0 radical (unpaired) electrons. The molecule has 7 nitrogen and oxygen atoms in total. The molecule has 2 fully saturated rings. The molecule has 0 bridgehead atoms. The maximum Gasteiger partial charge on any atom is 0.228 e. The van der Waals surface area contributed by atoms with Gasteiger partial charge in [0.25, 0.3) is 0 Å². The number of benzene rings is 1. The molecular formula is C21H25N5O2S. The van der Waals surface area contributed by atoms with Gasteiger partial charge in [-0.1, -0.05) is 29.5 Å². The largest absolute Gasteiger partial charge is 0.444 e. The predicted molar refractivity (Wildman–Crippen MR) is 112 cm³/mol. The van der Waals surface area contributed by atoms with Crippen molar-refractivity contribution in [1.82, 2.24) is 19.7 Å². The summed E-state index contributed by atoms with van der Waals surface area (Å²) >= 11 is 1.68.